The Hall–Kier alpha value is -3.80. The molecule has 0 fully saturated rings. The van der Waals surface area contributed by atoms with E-state index in [1.807, 2.05) is 13.0 Å². The van der Waals surface area contributed by atoms with Crippen LogP contribution in [0.1, 0.15) is 30.8 Å². The Labute approximate surface area is 188 Å². The van der Waals surface area contributed by atoms with E-state index >= 15 is 0 Å². The third kappa shape index (κ3) is 3.82. The lowest BCUT2D eigenvalue weighted by molar-refractivity contribution is -0.144. The first-order chi connectivity index (χ1) is 15.8. The minimum absolute atomic E-state index is 0.0802. The van der Waals surface area contributed by atoms with Crippen LogP contribution in [0.4, 0.5) is 19.0 Å². The predicted octanol–water partition coefficient (Wildman–Crippen LogP) is 4.92. The molecule has 5 heterocycles. The van der Waals surface area contributed by atoms with Crippen LogP contribution in [-0.2, 0) is 6.18 Å². The van der Waals surface area contributed by atoms with Gasteiger partial charge in [0.15, 0.2) is 11.5 Å². The summed E-state index contributed by atoms with van der Waals surface area (Å²) < 4.78 is 38.8. The molecule has 0 radical (unpaired) electrons. The topological polar surface area (TPSA) is 121 Å². The summed E-state index contributed by atoms with van der Waals surface area (Å²) in [4.78, 5) is 29.7. The molecule has 13 heteroatoms. The van der Waals surface area contributed by atoms with Crippen molar-refractivity contribution < 1.29 is 13.2 Å². The van der Waals surface area contributed by atoms with Crippen molar-refractivity contribution in [3.8, 4) is 11.1 Å². The standard InChI is InChI=1S/C20H15ClF3N9/c1-2-13(32-18-14-17(29-7-28-14)30-8-31-18)10-3-9(4-25-15(10)21)11-5-26-16-12(11)6-27-19(33-16)20(22,23)24/h3-8,13H,2H2,1H3,(H,26,27,33)(H2,28,29,30,31,32)/t13-/m0/s1. The number of nitrogens with zero attached hydrogens (tertiary/aromatic N) is 6. The second kappa shape index (κ2) is 7.96. The van der Waals surface area contributed by atoms with E-state index in [1.54, 1.807) is 12.4 Å². The lowest BCUT2D eigenvalue weighted by Gasteiger charge is -2.19. The summed E-state index contributed by atoms with van der Waals surface area (Å²) in [7, 11) is 0. The SMILES string of the molecule is CC[C@H](Nc1ncnc2nc[nH]c12)c1cc(-c2c[nH]c3nc(C(F)(F)F)ncc23)cnc1Cl. The average Bonchev–Trinajstić information content (AvgIpc) is 3.44. The molecule has 33 heavy (non-hydrogen) atoms. The molecule has 0 saturated carbocycles. The number of rotatable bonds is 5. The highest BCUT2D eigenvalue weighted by molar-refractivity contribution is 6.30. The molecule has 0 aliphatic heterocycles. The molecule has 9 nitrogen and oxygen atoms in total. The monoisotopic (exact) mass is 473 g/mol. The number of hydrogen-bond donors (Lipinski definition) is 3. The van der Waals surface area contributed by atoms with Gasteiger partial charge in [-0.1, -0.05) is 18.5 Å². The minimum Gasteiger partial charge on any atom is -0.361 e. The molecular formula is C20H15ClF3N9. The number of alkyl halides is 3. The molecule has 0 saturated heterocycles. The molecule has 0 amide bonds. The first kappa shape index (κ1) is 21.1. The molecule has 0 aromatic carbocycles. The Kier molecular flexibility index (Phi) is 5.08. The van der Waals surface area contributed by atoms with Crippen LogP contribution in [0.15, 0.2) is 37.3 Å². The van der Waals surface area contributed by atoms with E-state index in [1.165, 1.54) is 12.7 Å². The minimum atomic E-state index is -4.63. The maximum absolute atomic E-state index is 12.9. The van der Waals surface area contributed by atoms with Gasteiger partial charge in [0.25, 0.3) is 0 Å². The van der Waals surface area contributed by atoms with Crippen molar-refractivity contribution in [2.75, 3.05) is 5.32 Å². The molecule has 5 aromatic heterocycles. The van der Waals surface area contributed by atoms with Crippen LogP contribution < -0.4 is 5.32 Å². The summed E-state index contributed by atoms with van der Waals surface area (Å²) in [5.74, 6) is -0.644. The molecule has 0 spiro atoms. The number of H-pyrrole nitrogens is 2. The zero-order chi connectivity index (χ0) is 23.2. The van der Waals surface area contributed by atoms with Gasteiger partial charge in [0, 0.05) is 40.7 Å². The molecule has 0 aliphatic rings. The summed E-state index contributed by atoms with van der Waals surface area (Å²) in [5, 5.41) is 4.08. The molecule has 3 N–H and O–H groups in total. The van der Waals surface area contributed by atoms with Gasteiger partial charge >= 0.3 is 6.18 Å². The van der Waals surface area contributed by atoms with Gasteiger partial charge in [0.05, 0.1) is 12.4 Å². The van der Waals surface area contributed by atoms with Crippen molar-refractivity contribution in [3.63, 3.8) is 0 Å². The number of halogens is 4. The summed E-state index contributed by atoms with van der Waals surface area (Å²) in [6.45, 7) is 1.98. The summed E-state index contributed by atoms with van der Waals surface area (Å²) in [5.41, 5.74) is 3.22. The highest BCUT2D eigenvalue weighted by Crippen LogP contribution is 2.35. The molecule has 168 valence electrons. The number of imidazole rings is 1. The maximum atomic E-state index is 12.9. The van der Waals surface area contributed by atoms with Crippen LogP contribution in [0, 0.1) is 0 Å². The molecule has 0 bridgehead atoms. The van der Waals surface area contributed by atoms with Gasteiger partial charge < -0.3 is 15.3 Å². The van der Waals surface area contributed by atoms with Crippen LogP contribution in [0.5, 0.6) is 0 Å². The van der Waals surface area contributed by atoms with Gasteiger partial charge in [-0.2, -0.15) is 13.2 Å². The van der Waals surface area contributed by atoms with E-state index in [-0.39, 0.29) is 11.7 Å². The second-order valence-corrected chi connectivity index (χ2v) is 7.55. The van der Waals surface area contributed by atoms with Crippen LogP contribution in [0.3, 0.4) is 0 Å². The lowest BCUT2D eigenvalue weighted by Crippen LogP contribution is -2.12. The number of pyridine rings is 1. The Bertz CT molecular complexity index is 1460. The Balaban J connectivity index is 1.53. The molecule has 5 aromatic rings. The zero-order valence-electron chi connectivity index (χ0n) is 16.9. The van der Waals surface area contributed by atoms with Crippen LogP contribution in [0.2, 0.25) is 5.15 Å². The predicted molar refractivity (Wildman–Crippen MR) is 115 cm³/mol. The largest absolute Gasteiger partial charge is 0.451 e. The molecule has 0 aliphatic carbocycles. The Morgan fingerprint density at radius 2 is 1.94 bits per heavy atom. The van der Waals surface area contributed by atoms with Gasteiger partial charge in [-0.05, 0) is 12.5 Å². The fourth-order valence-corrected chi connectivity index (χ4v) is 3.81. The van der Waals surface area contributed by atoms with E-state index in [4.69, 9.17) is 11.6 Å². The third-order valence-corrected chi connectivity index (χ3v) is 5.50. The number of nitrogens with one attached hydrogen (secondary N) is 3. The van der Waals surface area contributed by atoms with Gasteiger partial charge in [-0.25, -0.2) is 29.9 Å². The van der Waals surface area contributed by atoms with E-state index in [0.717, 1.165) is 6.20 Å². The van der Waals surface area contributed by atoms with E-state index < -0.39 is 12.0 Å². The highest BCUT2D eigenvalue weighted by atomic mass is 35.5. The molecular weight excluding hydrogens is 459 g/mol. The van der Waals surface area contributed by atoms with E-state index in [9.17, 15) is 13.2 Å². The summed E-state index contributed by atoms with van der Waals surface area (Å²) >= 11 is 6.42. The van der Waals surface area contributed by atoms with Crippen molar-refractivity contribution in [1.82, 2.24) is 39.9 Å². The van der Waals surface area contributed by atoms with Crippen LogP contribution in [0.25, 0.3) is 33.3 Å². The first-order valence-electron chi connectivity index (χ1n) is 9.83. The van der Waals surface area contributed by atoms with Gasteiger partial charge in [0.2, 0.25) is 5.82 Å². The van der Waals surface area contributed by atoms with Crippen LogP contribution in [-0.4, -0.2) is 39.9 Å². The lowest BCUT2D eigenvalue weighted by atomic mass is 10.0. The number of hydrogen-bond acceptors (Lipinski definition) is 7. The van der Waals surface area contributed by atoms with Gasteiger partial charge in [0.1, 0.15) is 22.6 Å². The third-order valence-electron chi connectivity index (χ3n) is 5.18. The van der Waals surface area contributed by atoms with E-state index in [2.05, 4.69) is 45.2 Å². The van der Waals surface area contributed by atoms with Gasteiger partial charge in [-0.15, -0.1) is 0 Å². The quantitative estimate of drug-likeness (QED) is 0.310. The maximum Gasteiger partial charge on any atom is 0.451 e. The molecule has 0 unspecified atom stereocenters. The number of aromatic nitrogens is 8. The normalized spacial score (nSPS) is 13.0. The zero-order valence-corrected chi connectivity index (χ0v) is 17.7. The highest BCUT2D eigenvalue weighted by Gasteiger charge is 2.35. The molecule has 5 rings (SSSR count). The first-order valence-corrected chi connectivity index (χ1v) is 10.2. The smallest absolute Gasteiger partial charge is 0.361 e. The average molecular weight is 474 g/mol. The number of fused-ring (bicyclic) bond motifs is 2. The van der Waals surface area contributed by atoms with Crippen molar-refractivity contribution in [2.24, 2.45) is 0 Å². The van der Waals surface area contributed by atoms with Gasteiger partial charge in [-0.3, -0.25) is 0 Å². The Morgan fingerprint density at radius 1 is 1.09 bits per heavy atom. The van der Waals surface area contributed by atoms with Crippen molar-refractivity contribution in [3.05, 3.63) is 53.9 Å². The van der Waals surface area contributed by atoms with Crippen molar-refractivity contribution in [1.29, 1.82) is 0 Å². The van der Waals surface area contributed by atoms with E-state index in [0.29, 0.717) is 50.6 Å². The number of aromatic amines is 2. The fourth-order valence-electron chi connectivity index (χ4n) is 3.58. The van der Waals surface area contributed by atoms with Crippen molar-refractivity contribution in [2.45, 2.75) is 25.6 Å². The second-order valence-electron chi connectivity index (χ2n) is 7.19. The summed E-state index contributed by atoms with van der Waals surface area (Å²) in [6.07, 6.45) is 3.24. The Morgan fingerprint density at radius 3 is 2.73 bits per heavy atom. The van der Waals surface area contributed by atoms with Crippen molar-refractivity contribution >= 4 is 39.6 Å². The van der Waals surface area contributed by atoms with Crippen LogP contribution >= 0.6 is 11.6 Å². The number of anilines is 1. The summed E-state index contributed by atoms with van der Waals surface area (Å²) in [6, 6.07) is 1.58. The fraction of sp³-hybridized carbons (Fsp3) is 0.200. The molecule has 1 atom stereocenters.